The van der Waals surface area contributed by atoms with E-state index in [9.17, 15) is 4.79 Å². The Morgan fingerprint density at radius 3 is 2.49 bits per heavy atom. The van der Waals surface area contributed by atoms with Crippen LogP contribution in [0.3, 0.4) is 0 Å². The molecule has 0 aliphatic carbocycles. The first-order valence-electron chi connectivity index (χ1n) is 12.5. The van der Waals surface area contributed by atoms with Crippen LogP contribution in [-0.2, 0) is 11.3 Å². The second-order valence-corrected chi connectivity index (χ2v) is 9.74. The number of aryl methyl sites for hydroxylation is 2. The number of carbonyl (C=O) groups excluding carboxylic acids is 1. The Balaban J connectivity index is 1.55. The topological polar surface area (TPSA) is 56.6 Å². The van der Waals surface area contributed by atoms with Crippen LogP contribution >= 0.6 is 11.6 Å². The highest BCUT2D eigenvalue weighted by atomic mass is 35.5. The van der Waals surface area contributed by atoms with Crippen LogP contribution in [0.1, 0.15) is 40.0 Å². The zero-order chi connectivity index (χ0) is 25.8. The Morgan fingerprint density at radius 2 is 1.78 bits per heavy atom. The summed E-state index contributed by atoms with van der Waals surface area (Å²) in [6.45, 7) is 5.50. The molecule has 4 aromatic rings. The van der Waals surface area contributed by atoms with Crippen LogP contribution in [0.5, 0.6) is 11.6 Å². The van der Waals surface area contributed by atoms with Crippen molar-refractivity contribution in [3.63, 3.8) is 0 Å². The molecule has 1 fully saturated rings. The number of hydrogen-bond donors (Lipinski definition) is 0. The first-order valence-corrected chi connectivity index (χ1v) is 12.9. The fraction of sp³-hybridized carbons (Fsp3) is 0.267. The zero-order valence-corrected chi connectivity index (χ0v) is 21.8. The van der Waals surface area contributed by atoms with E-state index in [1.165, 1.54) is 0 Å². The molecule has 0 unspecified atom stereocenters. The van der Waals surface area contributed by atoms with Gasteiger partial charge in [-0.1, -0.05) is 59.6 Å². The van der Waals surface area contributed by atoms with Gasteiger partial charge < -0.3 is 14.4 Å². The SMILES string of the molecule is Cc1ccc(C(=O)N(Cc2c(C)nn(-c3ccccc3)c2Oc2ccccc2Cl)C[C@H]2CCCO2)cc1. The number of rotatable bonds is 8. The summed E-state index contributed by atoms with van der Waals surface area (Å²) >= 11 is 6.46. The number of nitrogens with zero attached hydrogens (tertiary/aromatic N) is 3. The van der Waals surface area contributed by atoms with Gasteiger partial charge in [-0.25, -0.2) is 4.68 Å². The maximum atomic E-state index is 13.7. The van der Waals surface area contributed by atoms with E-state index in [0.29, 0.717) is 35.3 Å². The summed E-state index contributed by atoms with van der Waals surface area (Å²) in [5, 5.41) is 5.31. The van der Waals surface area contributed by atoms with Gasteiger partial charge in [-0.2, -0.15) is 5.10 Å². The summed E-state index contributed by atoms with van der Waals surface area (Å²) in [6.07, 6.45) is 1.94. The van der Waals surface area contributed by atoms with Gasteiger partial charge in [-0.3, -0.25) is 4.79 Å². The lowest BCUT2D eigenvalue weighted by Crippen LogP contribution is -2.37. The second-order valence-electron chi connectivity index (χ2n) is 9.34. The first-order chi connectivity index (χ1) is 18.0. The van der Waals surface area contributed by atoms with Crippen LogP contribution in [0.25, 0.3) is 5.69 Å². The van der Waals surface area contributed by atoms with Gasteiger partial charge in [0.1, 0.15) is 5.75 Å². The fourth-order valence-electron chi connectivity index (χ4n) is 4.52. The molecular formula is C30H30ClN3O3. The van der Waals surface area contributed by atoms with Crippen LogP contribution in [0.2, 0.25) is 5.02 Å². The molecule has 0 N–H and O–H groups in total. The van der Waals surface area contributed by atoms with E-state index in [1.54, 1.807) is 10.7 Å². The van der Waals surface area contributed by atoms with Crippen LogP contribution in [-0.4, -0.2) is 39.8 Å². The Labute approximate surface area is 222 Å². The molecular weight excluding hydrogens is 486 g/mol. The quantitative estimate of drug-likeness (QED) is 0.260. The molecule has 2 heterocycles. The standard InChI is InChI=1S/C30H30ClN3O3/c1-21-14-16-23(17-15-21)29(35)33(19-25-11-8-18-36-25)20-26-22(2)32-34(24-9-4-3-5-10-24)30(26)37-28-13-7-6-12-27(28)31/h3-7,9-10,12-17,25H,8,11,18-20H2,1-2H3/t25-/m1/s1. The fourth-order valence-corrected chi connectivity index (χ4v) is 4.70. The molecule has 5 rings (SSSR count). The third-order valence-electron chi connectivity index (χ3n) is 6.56. The van der Waals surface area contributed by atoms with E-state index in [-0.39, 0.29) is 12.0 Å². The van der Waals surface area contributed by atoms with E-state index in [2.05, 4.69) is 0 Å². The number of amides is 1. The highest BCUT2D eigenvalue weighted by Crippen LogP contribution is 2.35. The number of carbonyl (C=O) groups is 1. The van der Waals surface area contributed by atoms with E-state index < -0.39 is 0 Å². The number of hydrogen-bond acceptors (Lipinski definition) is 4. The van der Waals surface area contributed by atoms with E-state index in [4.69, 9.17) is 26.2 Å². The van der Waals surface area contributed by atoms with Crippen molar-refractivity contribution in [2.45, 2.75) is 39.3 Å². The molecule has 1 aromatic heterocycles. The van der Waals surface area contributed by atoms with Gasteiger partial charge in [0.2, 0.25) is 5.88 Å². The minimum atomic E-state index is -0.0499. The molecule has 0 bridgehead atoms. The third-order valence-corrected chi connectivity index (χ3v) is 6.88. The van der Waals surface area contributed by atoms with Crippen molar-refractivity contribution >= 4 is 17.5 Å². The lowest BCUT2D eigenvalue weighted by molar-refractivity contribution is 0.0505. The lowest BCUT2D eigenvalue weighted by atomic mass is 10.1. The van der Waals surface area contributed by atoms with Gasteiger partial charge in [-0.15, -0.1) is 0 Å². The van der Waals surface area contributed by atoms with Crippen molar-refractivity contribution in [3.05, 3.63) is 106 Å². The minimum absolute atomic E-state index is 0.00630. The predicted molar refractivity (Wildman–Crippen MR) is 145 cm³/mol. The van der Waals surface area contributed by atoms with E-state index in [0.717, 1.165) is 42.0 Å². The molecule has 1 aliphatic heterocycles. The van der Waals surface area contributed by atoms with Crippen LogP contribution in [0, 0.1) is 13.8 Å². The molecule has 1 saturated heterocycles. The summed E-state index contributed by atoms with van der Waals surface area (Å²) in [7, 11) is 0. The molecule has 37 heavy (non-hydrogen) atoms. The van der Waals surface area contributed by atoms with Gasteiger partial charge in [-0.05, 0) is 63.1 Å². The molecule has 0 saturated carbocycles. The van der Waals surface area contributed by atoms with Crippen molar-refractivity contribution < 1.29 is 14.3 Å². The molecule has 3 aromatic carbocycles. The predicted octanol–water partition coefficient (Wildman–Crippen LogP) is 6.76. The molecule has 190 valence electrons. The van der Waals surface area contributed by atoms with E-state index >= 15 is 0 Å². The van der Waals surface area contributed by atoms with Crippen molar-refractivity contribution in [2.24, 2.45) is 0 Å². The molecule has 1 aliphatic rings. The summed E-state index contributed by atoms with van der Waals surface area (Å²) in [6, 6.07) is 24.8. The second kappa shape index (κ2) is 11.2. The number of ether oxygens (including phenoxy) is 2. The van der Waals surface area contributed by atoms with Crippen molar-refractivity contribution in [1.82, 2.24) is 14.7 Å². The molecule has 0 radical (unpaired) electrons. The summed E-state index contributed by atoms with van der Waals surface area (Å²) in [5.74, 6) is 1.01. The van der Waals surface area contributed by atoms with Gasteiger partial charge in [0.25, 0.3) is 5.91 Å². The smallest absolute Gasteiger partial charge is 0.254 e. The van der Waals surface area contributed by atoms with Gasteiger partial charge in [0, 0.05) is 18.7 Å². The van der Waals surface area contributed by atoms with Crippen LogP contribution < -0.4 is 4.74 Å². The molecule has 7 heteroatoms. The molecule has 0 spiro atoms. The van der Waals surface area contributed by atoms with Crippen molar-refractivity contribution in [3.8, 4) is 17.3 Å². The van der Waals surface area contributed by atoms with Gasteiger partial charge >= 0.3 is 0 Å². The summed E-state index contributed by atoms with van der Waals surface area (Å²) in [4.78, 5) is 15.6. The highest BCUT2D eigenvalue weighted by Gasteiger charge is 2.28. The molecule has 1 amide bonds. The highest BCUT2D eigenvalue weighted by molar-refractivity contribution is 6.32. The molecule has 6 nitrogen and oxygen atoms in total. The zero-order valence-electron chi connectivity index (χ0n) is 21.1. The number of aromatic nitrogens is 2. The first kappa shape index (κ1) is 25.1. The van der Waals surface area contributed by atoms with Crippen molar-refractivity contribution in [2.75, 3.05) is 13.2 Å². The summed E-state index contributed by atoms with van der Waals surface area (Å²) < 4.78 is 14.1. The maximum Gasteiger partial charge on any atom is 0.254 e. The number of halogens is 1. The minimum Gasteiger partial charge on any atom is -0.437 e. The van der Waals surface area contributed by atoms with E-state index in [1.807, 2.05) is 91.5 Å². The monoisotopic (exact) mass is 515 g/mol. The number of benzene rings is 3. The van der Waals surface area contributed by atoms with Crippen molar-refractivity contribution in [1.29, 1.82) is 0 Å². The Hall–Kier alpha value is -3.61. The normalized spacial score (nSPS) is 15.1. The van der Waals surface area contributed by atoms with Gasteiger partial charge in [0.15, 0.2) is 0 Å². The maximum absolute atomic E-state index is 13.7. The Kier molecular flexibility index (Phi) is 7.58. The Bertz CT molecular complexity index is 1360. The van der Waals surface area contributed by atoms with Gasteiger partial charge in [0.05, 0.1) is 34.6 Å². The third kappa shape index (κ3) is 5.71. The molecule has 1 atom stereocenters. The average molecular weight is 516 g/mol. The Morgan fingerprint density at radius 1 is 1.05 bits per heavy atom. The lowest BCUT2D eigenvalue weighted by Gasteiger charge is -2.26. The number of para-hydroxylation sites is 2. The van der Waals surface area contributed by atoms with Crippen LogP contribution in [0.4, 0.5) is 0 Å². The summed E-state index contributed by atoms with van der Waals surface area (Å²) in [5.41, 5.74) is 4.21. The van der Waals surface area contributed by atoms with Crippen LogP contribution in [0.15, 0.2) is 78.9 Å². The largest absolute Gasteiger partial charge is 0.437 e. The average Bonchev–Trinajstić information content (AvgIpc) is 3.54.